The topological polar surface area (TPSA) is 23.6 Å². The van der Waals surface area contributed by atoms with E-state index < -0.39 is 0 Å². The minimum Gasteiger partial charge on any atom is -0.338 e. The molecule has 0 bridgehead atoms. The van der Waals surface area contributed by atoms with Crippen molar-refractivity contribution in [3.63, 3.8) is 0 Å². The molecule has 3 heteroatoms. The van der Waals surface area contributed by atoms with Gasteiger partial charge in [-0.05, 0) is 66.9 Å². The van der Waals surface area contributed by atoms with Crippen LogP contribution in [0.2, 0.25) is 0 Å². The van der Waals surface area contributed by atoms with E-state index in [1.54, 1.807) is 6.08 Å². The number of nitrogens with zero attached hydrogens (tertiary/aromatic N) is 2. The molecule has 34 heavy (non-hydrogen) atoms. The van der Waals surface area contributed by atoms with E-state index in [1.807, 2.05) is 32.0 Å². The van der Waals surface area contributed by atoms with Crippen molar-refractivity contribution < 1.29 is 4.79 Å². The molecule has 0 heterocycles. The van der Waals surface area contributed by atoms with Gasteiger partial charge in [-0.1, -0.05) is 91.9 Å². The lowest BCUT2D eigenvalue weighted by molar-refractivity contribution is -0.125. The number of likely N-dealkylation sites (N-methyl/N-ethyl adjacent to an activating group) is 2. The van der Waals surface area contributed by atoms with Crippen LogP contribution in [0, 0.1) is 0 Å². The zero-order chi connectivity index (χ0) is 24.3. The lowest BCUT2D eigenvalue weighted by Crippen LogP contribution is -2.35. The Balaban J connectivity index is 1.90. The molecule has 3 aromatic carbocycles. The molecule has 0 N–H and O–H groups in total. The first-order chi connectivity index (χ1) is 16.5. The molecule has 0 saturated heterocycles. The summed E-state index contributed by atoms with van der Waals surface area (Å²) in [5.74, 6) is 0.0515. The second-order valence-corrected chi connectivity index (χ2v) is 8.62. The quantitative estimate of drug-likeness (QED) is 0.260. The number of carbonyl (C=O) groups is 1. The number of hydrogen-bond donors (Lipinski definition) is 0. The Hall–Kier alpha value is -3.43. The van der Waals surface area contributed by atoms with Gasteiger partial charge in [-0.2, -0.15) is 0 Å². The van der Waals surface area contributed by atoms with Crippen LogP contribution in [0.4, 0.5) is 0 Å². The first-order valence-corrected chi connectivity index (χ1v) is 12.1. The Labute approximate surface area is 205 Å². The van der Waals surface area contributed by atoms with Crippen molar-refractivity contribution in [1.82, 2.24) is 9.80 Å². The SMILES string of the molecule is CC/C(=C(\c1ccccc1)c1ccc(/C=C/C(=O)N(CC)CCN(C)C)cc1)c1ccccc1. The molecule has 0 atom stereocenters. The lowest BCUT2D eigenvalue weighted by Gasteiger charge is -2.21. The predicted molar refractivity (Wildman–Crippen MR) is 145 cm³/mol. The molecule has 3 rings (SSSR count). The van der Waals surface area contributed by atoms with Crippen molar-refractivity contribution in [1.29, 1.82) is 0 Å². The zero-order valence-electron chi connectivity index (χ0n) is 20.9. The van der Waals surface area contributed by atoms with Gasteiger partial charge in [0.25, 0.3) is 0 Å². The Kier molecular flexibility index (Phi) is 9.42. The number of carbonyl (C=O) groups excluding carboxylic acids is 1. The average molecular weight is 453 g/mol. The van der Waals surface area contributed by atoms with E-state index in [9.17, 15) is 4.79 Å². The van der Waals surface area contributed by atoms with Gasteiger partial charge in [-0.3, -0.25) is 4.79 Å². The molecule has 3 aromatic rings. The maximum Gasteiger partial charge on any atom is 0.246 e. The van der Waals surface area contributed by atoms with Crippen LogP contribution >= 0.6 is 0 Å². The third kappa shape index (κ3) is 6.79. The van der Waals surface area contributed by atoms with E-state index in [4.69, 9.17) is 0 Å². The summed E-state index contributed by atoms with van der Waals surface area (Å²) in [6.45, 7) is 6.53. The lowest BCUT2D eigenvalue weighted by atomic mass is 9.88. The summed E-state index contributed by atoms with van der Waals surface area (Å²) >= 11 is 0. The summed E-state index contributed by atoms with van der Waals surface area (Å²) in [5.41, 5.74) is 7.23. The average Bonchev–Trinajstić information content (AvgIpc) is 2.87. The van der Waals surface area contributed by atoms with E-state index in [-0.39, 0.29) is 5.91 Å². The highest BCUT2D eigenvalue weighted by atomic mass is 16.2. The molecule has 1 amide bonds. The van der Waals surface area contributed by atoms with Crippen LogP contribution in [0.1, 0.15) is 42.5 Å². The second kappa shape index (κ2) is 12.7. The molecule has 0 aliphatic rings. The van der Waals surface area contributed by atoms with E-state index in [2.05, 4.69) is 96.8 Å². The van der Waals surface area contributed by atoms with Gasteiger partial charge < -0.3 is 9.80 Å². The van der Waals surface area contributed by atoms with Crippen molar-refractivity contribution in [2.75, 3.05) is 33.7 Å². The molecule has 0 aliphatic carbocycles. The monoisotopic (exact) mass is 452 g/mol. The third-order valence-electron chi connectivity index (χ3n) is 5.97. The first kappa shape index (κ1) is 25.2. The summed E-state index contributed by atoms with van der Waals surface area (Å²) in [4.78, 5) is 16.6. The molecular formula is C31H36N2O. The Morgan fingerprint density at radius 3 is 1.82 bits per heavy atom. The molecule has 176 valence electrons. The molecule has 3 nitrogen and oxygen atoms in total. The number of amides is 1. The molecule has 0 saturated carbocycles. The smallest absolute Gasteiger partial charge is 0.246 e. The highest BCUT2D eigenvalue weighted by Crippen LogP contribution is 2.34. The Bertz CT molecular complexity index is 1100. The van der Waals surface area contributed by atoms with Crippen LogP contribution < -0.4 is 0 Å². The maximum atomic E-state index is 12.6. The van der Waals surface area contributed by atoms with Crippen LogP contribution in [0.3, 0.4) is 0 Å². The van der Waals surface area contributed by atoms with Crippen molar-refractivity contribution >= 4 is 23.1 Å². The van der Waals surface area contributed by atoms with Gasteiger partial charge in [0.05, 0.1) is 0 Å². The van der Waals surface area contributed by atoms with Crippen molar-refractivity contribution in [3.05, 3.63) is 113 Å². The van der Waals surface area contributed by atoms with Crippen LogP contribution in [0.15, 0.2) is 91.0 Å². The van der Waals surface area contributed by atoms with E-state index in [0.717, 1.165) is 25.1 Å². The summed E-state index contributed by atoms with van der Waals surface area (Å²) < 4.78 is 0. The number of allylic oxidation sites excluding steroid dienone is 1. The largest absolute Gasteiger partial charge is 0.338 e. The summed E-state index contributed by atoms with van der Waals surface area (Å²) in [6.07, 6.45) is 4.53. The van der Waals surface area contributed by atoms with Crippen LogP contribution in [-0.4, -0.2) is 49.4 Å². The number of rotatable bonds is 10. The molecule has 0 radical (unpaired) electrons. The minimum absolute atomic E-state index is 0.0515. The van der Waals surface area contributed by atoms with Crippen LogP contribution in [-0.2, 0) is 4.79 Å². The van der Waals surface area contributed by atoms with Gasteiger partial charge in [0, 0.05) is 25.7 Å². The first-order valence-electron chi connectivity index (χ1n) is 12.1. The van der Waals surface area contributed by atoms with Crippen molar-refractivity contribution in [2.24, 2.45) is 0 Å². The molecule has 0 aromatic heterocycles. The fraction of sp³-hybridized carbons (Fsp3) is 0.258. The summed E-state index contributed by atoms with van der Waals surface area (Å²) in [7, 11) is 4.05. The number of hydrogen-bond acceptors (Lipinski definition) is 2. The molecular weight excluding hydrogens is 416 g/mol. The molecule has 0 unspecified atom stereocenters. The second-order valence-electron chi connectivity index (χ2n) is 8.62. The van der Waals surface area contributed by atoms with Crippen LogP contribution in [0.5, 0.6) is 0 Å². The molecule has 0 fully saturated rings. The van der Waals surface area contributed by atoms with E-state index >= 15 is 0 Å². The van der Waals surface area contributed by atoms with Crippen molar-refractivity contribution in [2.45, 2.75) is 20.3 Å². The van der Waals surface area contributed by atoms with Gasteiger partial charge in [0.2, 0.25) is 5.91 Å². The molecule has 0 spiro atoms. The summed E-state index contributed by atoms with van der Waals surface area (Å²) in [5, 5.41) is 0. The fourth-order valence-electron chi connectivity index (χ4n) is 4.06. The fourth-order valence-corrected chi connectivity index (χ4v) is 4.06. The summed E-state index contributed by atoms with van der Waals surface area (Å²) in [6, 6.07) is 29.7. The minimum atomic E-state index is 0.0515. The number of benzene rings is 3. The van der Waals surface area contributed by atoms with Gasteiger partial charge in [0.15, 0.2) is 0 Å². The normalized spacial score (nSPS) is 12.1. The Morgan fingerprint density at radius 2 is 1.29 bits per heavy atom. The highest BCUT2D eigenvalue weighted by Gasteiger charge is 2.13. The maximum absolute atomic E-state index is 12.6. The van der Waals surface area contributed by atoms with Gasteiger partial charge in [-0.25, -0.2) is 0 Å². The van der Waals surface area contributed by atoms with Crippen molar-refractivity contribution in [3.8, 4) is 0 Å². The third-order valence-corrected chi connectivity index (χ3v) is 5.97. The van der Waals surface area contributed by atoms with Crippen LogP contribution in [0.25, 0.3) is 17.2 Å². The molecule has 0 aliphatic heterocycles. The standard InChI is InChI=1S/C31H36N2O/c1-5-29(26-13-9-7-10-14-26)31(27-15-11-8-12-16-27)28-20-17-25(18-21-28)19-22-30(34)33(6-2)24-23-32(3)4/h7-22H,5-6,23-24H2,1-4H3/b22-19+,31-29-. The highest BCUT2D eigenvalue weighted by molar-refractivity contribution is 5.98. The predicted octanol–water partition coefficient (Wildman–Crippen LogP) is 6.48. The van der Waals surface area contributed by atoms with Gasteiger partial charge in [0.1, 0.15) is 0 Å². The zero-order valence-corrected chi connectivity index (χ0v) is 20.9. The van der Waals surface area contributed by atoms with E-state index in [0.29, 0.717) is 6.54 Å². The Morgan fingerprint density at radius 1 is 0.735 bits per heavy atom. The van der Waals surface area contributed by atoms with Gasteiger partial charge >= 0.3 is 0 Å². The van der Waals surface area contributed by atoms with Gasteiger partial charge in [-0.15, -0.1) is 0 Å². The van der Waals surface area contributed by atoms with E-state index in [1.165, 1.54) is 27.8 Å².